The van der Waals surface area contributed by atoms with Gasteiger partial charge in [0.1, 0.15) is 11.3 Å². The van der Waals surface area contributed by atoms with Gasteiger partial charge < -0.3 is 23.7 Å². The Bertz CT molecular complexity index is 734. The highest BCUT2D eigenvalue weighted by Gasteiger charge is 2.34. The Balaban J connectivity index is 2.39. The molecule has 0 unspecified atom stereocenters. The van der Waals surface area contributed by atoms with Crippen LogP contribution in [0.5, 0.6) is 17.2 Å². The van der Waals surface area contributed by atoms with Crippen LogP contribution >= 0.6 is 0 Å². The minimum atomic E-state index is -0.696. The Kier molecular flexibility index (Phi) is 5.69. The maximum absolute atomic E-state index is 12.4. The molecule has 0 aromatic heterocycles. The van der Waals surface area contributed by atoms with E-state index < -0.39 is 11.8 Å². The quantitative estimate of drug-likeness (QED) is 0.444. The smallest absolute Gasteiger partial charge is 0.345 e. The van der Waals surface area contributed by atoms with Crippen molar-refractivity contribution in [2.45, 2.75) is 13.8 Å². The average Bonchev–Trinajstić information content (AvgIpc) is 2.87. The lowest BCUT2D eigenvalue weighted by molar-refractivity contribution is -0.139. The SMILES string of the molecule is CCOC(=O)C1=C(C)O/C(=C\c2cc(OC)c(OC)c(OC)c2)C1=O. The molecule has 1 aliphatic heterocycles. The van der Waals surface area contributed by atoms with Gasteiger partial charge in [-0.25, -0.2) is 4.79 Å². The fraction of sp³-hybridized carbons (Fsp3) is 0.333. The van der Waals surface area contributed by atoms with Gasteiger partial charge in [-0.1, -0.05) is 0 Å². The molecule has 0 spiro atoms. The predicted molar refractivity (Wildman–Crippen MR) is 89.5 cm³/mol. The highest BCUT2D eigenvalue weighted by atomic mass is 16.5. The number of Topliss-reactive ketones (excluding diaryl/α,β-unsaturated/α-hetero) is 1. The average molecular weight is 348 g/mol. The fourth-order valence-electron chi connectivity index (χ4n) is 2.42. The van der Waals surface area contributed by atoms with Crippen molar-refractivity contribution in [3.63, 3.8) is 0 Å². The number of rotatable bonds is 6. The van der Waals surface area contributed by atoms with Gasteiger partial charge in [0.25, 0.3) is 0 Å². The summed E-state index contributed by atoms with van der Waals surface area (Å²) in [5.41, 5.74) is 0.497. The molecule has 0 amide bonds. The molecule has 0 bridgehead atoms. The second-order valence-corrected chi connectivity index (χ2v) is 5.05. The Hall–Kier alpha value is -2.96. The van der Waals surface area contributed by atoms with Crippen LogP contribution in [-0.2, 0) is 19.1 Å². The number of ketones is 1. The molecule has 0 N–H and O–H groups in total. The lowest BCUT2D eigenvalue weighted by Gasteiger charge is -2.13. The van der Waals surface area contributed by atoms with Gasteiger partial charge in [0.2, 0.25) is 11.5 Å². The van der Waals surface area contributed by atoms with Crippen LogP contribution < -0.4 is 14.2 Å². The molecule has 0 saturated carbocycles. The van der Waals surface area contributed by atoms with E-state index in [1.54, 1.807) is 26.0 Å². The summed E-state index contributed by atoms with van der Waals surface area (Å²) in [5, 5.41) is 0. The molecule has 0 fully saturated rings. The van der Waals surface area contributed by atoms with Gasteiger partial charge in [0, 0.05) is 0 Å². The summed E-state index contributed by atoms with van der Waals surface area (Å²) in [5.74, 6) is 0.330. The van der Waals surface area contributed by atoms with Crippen molar-refractivity contribution < 1.29 is 33.3 Å². The molecule has 2 rings (SSSR count). The number of ether oxygens (including phenoxy) is 5. The van der Waals surface area contributed by atoms with Gasteiger partial charge in [0.05, 0.1) is 27.9 Å². The number of carbonyl (C=O) groups is 2. The van der Waals surface area contributed by atoms with Crippen molar-refractivity contribution in [3.8, 4) is 17.2 Å². The van der Waals surface area contributed by atoms with E-state index in [-0.39, 0.29) is 23.7 Å². The van der Waals surface area contributed by atoms with E-state index in [4.69, 9.17) is 23.7 Å². The number of hydrogen-bond acceptors (Lipinski definition) is 7. The zero-order chi connectivity index (χ0) is 18.6. The number of benzene rings is 1. The molecule has 1 aromatic carbocycles. The van der Waals surface area contributed by atoms with Gasteiger partial charge in [-0.15, -0.1) is 0 Å². The van der Waals surface area contributed by atoms with E-state index in [0.29, 0.717) is 22.8 Å². The van der Waals surface area contributed by atoms with Crippen LogP contribution in [0.15, 0.2) is 29.2 Å². The second kappa shape index (κ2) is 7.74. The number of carbonyl (C=O) groups excluding carboxylic acids is 2. The van der Waals surface area contributed by atoms with Crippen LogP contribution in [0.1, 0.15) is 19.4 Å². The van der Waals surface area contributed by atoms with Crippen LogP contribution in [0, 0.1) is 0 Å². The summed E-state index contributed by atoms with van der Waals surface area (Å²) in [6.07, 6.45) is 1.50. The minimum Gasteiger partial charge on any atom is -0.493 e. The van der Waals surface area contributed by atoms with Crippen LogP contribution in [0.4, 0.5) is 0 Å². The lowest BCUT2D eigenvalue weighted by Crippen LogP contribution is -2.14. The molecule has 1 heterocycles. The van der Waals surface area contributed by atoms with Gasteiger partial charge >= 0.3 is 5.97 Å². The Morgan fingerprint density at radius 2 is 1.72 bits per heavy atom. The molecule has 1 aliphatic rings. The third-order valence-corrected chi connectivity index (χ3v) is 3.53. The van der Waals surface area contributed by atoms with E-state index in [1.165, 1.54) is 27.4 Å². The van der Waals surface area contributed by atoms with E-state index in [2.05, 4.69) is 0 Å². The standard InChI is InChI=1S/C18H20O7/c1-6-24-18(20)15-10(2)25-12(16(15)19)7-11-8-13(21-3)17(23-5)14(9-11)22-4/h7-9H,6H2,1-5H3/b12-7-. The van der Waals surface area contributed by atoms with Crippen molar-refractivity contribution in [1.29, 1.82) is 0 Å². The third-order valence-electron chi connectivity index (χ3n) is 3.53. The predicted octanol–water partition coefficient (Wildman–Crippen LogP) is 2.49. The van der Waals surface area contributed by atoms with Crippen LogP contribution in [0.25, 0.3) is 6.08 Å². The van der Waals surface area contributed by atoms with Crippen molar-refractivity contribution in [2.75, 3.05) is 27.9 Å². The summed E-state index contributed by atoms with van der Waals surface area (Å²) >= 11 is 0. The Labute approximate surface area is 145 Å². The molecule has 0 atom stereocenters. The highest BCUT2D eigenvalue weighted by Crippen LogP contribution is 2.39. The van der Waals surface area contributed by atoms with E-state index >= 15 is 0 Å². The Morgan fingerprint density at radius 1 is 1.12 bits per heavy atom. The largest absolute Gasteiger partial charge is 0.493 e. The number of allylic oxidation sites excluding steroid dienone is 2. The third kappa shape index (κ3) is 3.60. The molecule has 134 valence electrons. The first-order valence-corrected chi connectivity index (χ1v) is 7.59. The number of hydrogen-bond donors (Lipinski definition) is 0. The molecule has 0 saturated heterocycles. The fourth-order valence-corrected chi connectivity index (χ4v) is 2.42. The molecule has 0 radical (unpaired) electrons. The van der Waals surface area contributed by atoms with Gasteiger partial charge in [0.15, 0.2) is 17.3 Å². The zero-order valence-corrected chi connectivity index (χ0v) is 14.8. The summed E-state index contributed by atoms with van der Waals surface area (Å²) < 4.78 is 26.1. The summed E-state index contributed by atoms with van der Waals surface area (Å²) in [6.45, 7) is 3.38. The first kappa shape index (κ1) is 18.4. The Morgan fingerprint density at radius 3 is 2.20 bits per heavy atom. The van der Waals surface area contributed by atoms with Crippen molar-refractivity contribution >= 4 is 17.8 Å². The van der Waals surface area contributed by atoms with Crippen LogP contribution in [0.2, 0.25) is 0 Å². The van der Waals surface area contributed by atoms with Crippen molar-refractivity contribution in [3.05, 3.63) is 34.8 Å². The topological polar surface area (TPSA) is 80.3 Å². The van der Waals surface area contributed by atoms with E-state index in [9.17, 15) is 9.59 Å². The summed E-state index contributed by atoms with van der Waals surface area (Å²) in [6, 6.07) is 3.34. The number of methoxy groups -OCH3 is 3. The molecule has 0 aliphatic carbocycles. The molecule has 1 aromatic rings. The van der Waals surface area contributed by atoms with Crippen molar-refractivity contribution in [1.82, 2.24) is 0 Å². The molecule has 25 heavy (non-hydrogen) atoms. The summed E-state index contributed by atoms with van der Waals surface area (Å²) in [7, 11) is 4.49. The molecule has 7 nitrogen and oxygen atoms in total. The second-order valence-electron chi connectivity index (χ2n) is 5.05. The molecular formula is C18H20O7. The van der Waals surface area contributed by atoms with Gasteiger partial charge in [-0.3, -0.25) is 4.79 Å². The maximum atomic E-state index is 12.4. The first-order chi connectivity index (χ1) is 12.0. The lowest BCUT2D eigenvalue weighted by atomic mass is 10.1. The van der Waals surface area contributed by atoms with Gasteiger partial charge in [-0.05, 0) is 37.6 Å². The highest BCUT2D eigenvalue weighted by molar-refractivity contribution is 6.26. The molecule has 7 heteroatoms. The zero-order valence-electron chi connectivity index (χ0n) is 14.8. The minimum absolute atomic E-state index is 0.0230. The monoisotopic (exact) mass is 348 g/mol. The summed E-state index contributed by atoms with van der Waals surface area (Å²) in [4.78, 5) is 24.3. The molecular weight excluding hydrogens is 328 g/mol. The number of esters is 1. The van der Waals surface area contributed by atoms with Crippen LogP contribution in [0.3, 0.4) is 0 Å². The van der Waals surface area contributed by atoms with E-state index in [0.717, 1.165) is 0 Å². The van der Waals surface area contributed by atoms with E-state index in [1.807, 2.05) is 0 Å². The normalized spacial score (nSPS) is 15.2. The van der Waals surface area contributed by atoms with Gasteiger partial charge in [-0.2, -0.15) is 0 Å². The maximum Gasteiger partial charge on any atom is 0.345 e. The van der Waals surface area contributed by atoms with Crippen LogP contribution in [-0.4, -0.2) is 39.7 Å². The van der Waals surface area contributed by atoms with Crippen molar-refractivity contribution in [2.24, 2.45) is 0 Å². The first-order valence-electron chi connectivity index (χ1n) is 7.59.